The number of allylic oxidation sites excluding steroid dienone is 2. The first-order valence-electron chi connectivity index (χ1n) is 6.90. The van der Waals surface area contributed by atoms with E-state index < -0.39 is 0 Å². The highest BCUT2D eigenvalue weighted by atomic mass is 32.2. The average Bonchev–Trinajstić information content (AvgIpc) is 2.58. The Morgan fingerprint density at radius 1 is 0.818 bits per heavy atom. The van der Waals surface area contributed by atoms with E-state index in [1.165, 1.54) is 11.8 Å². The first-order valence-corrected chi connectivity index (χ1v) is 8.13. The second-order valence-electron chi connectivity index (χ2n) is 4.98. The predicted octanol–water partition coefficient (Wildman–Crippen LogP) is 3.78. The number of anilines is 1. The molecule has 0 atom stereocenters. The van der Waals surface area contributed by atoms with Crippen molar-refractivity contribution in [3.05, 3.63) is 76.3 Å². The second kappa shape index (κ2) is 5.81. The first kappa shape index (κ1) is 14.6. The van der Waals surface area contributed by atoms with Crippen LogP contribution in [0.2, 0.25) is 0 Å². The van der Waals surface area contributed by atoms with Gasteiger partial charge in [-0.1, -0.05) is 42.5 Å². The lowest BCUT2D eigenvalue weighted by molar-refractivity contribution is 0.0979. The van der Waals surface area contributed by atoms with Gasteiger partial charge in [0.25, 0.3) is 0 Å². The molecule has 0 fully saturated rings. The van der Waals surface area contributed by atoms with Gasteiger partial charge in [0, 0.05) is 23.9 Å². The predicted molar refractivity (Wildman–Crippen MR) is 90.5 cm³/mol. The average molecular weight is 309 g/mol. The van der Waals surface area contributed by atoms with Gasteiger partial charge in [-0.25, -0.2) is 0 Å². The summed E-state index contributed by atoms with van der Waals surface area (Å²) in [5.74, 6) is -0.189. The Bertz CT molecular complexity index is 781. The Morgan fingerprint density at radius 2 is 1.36 bits per heavy atom. The minimum Gasteiger partial charge on any atom is -0.340 e. The molecule has 0 amide bonds. The van der Waals surface area contributed by atoms with Gasteiger partial charge in [-0.05, 0) is 18.4 Å². The zero-order valence-corrected chi connectivity index (χ0v) is 13.2. The van der Waals surface area contributed by atoms with Crippen LogP contribution in [0.15, 0.2) is 65.2 Å². The van der Waals surface area contributed by atoms with Gasteiger partial charge in [-0.3, -0.25) is 9.59 Å². The summed E-state index contributed by atoms with van der Waals surface area (Å²) in [6.45, 7) is 0. The van der Waals surface area contributed by atoms with Gasteiger partial charge in [0.05, 0.1) is 4.91 Å². The number of Topliss-reactive ketones (excluding diaryl/α,β-unsaturated/α-hetero) is 2. The zero-order valence-electron chi connectivity index (χ0n) is 12.4. The summed E-state index contributed by atoms with van der Waals surface area (Å²) in [7, 11) is 1.82. The minimum atomic E-state index is -0.106. The maximum Gasteiger partial charge on any atom is 0.211 e. The van der Waals surface area contributed by atoms with Crippen LogP contribution in [0.25, 0.3) is 0 Å². The van der Waals surface area contributed by atoms with Gasteiger partial charge >= 0.3 is 0 Å². The number of carbonyl (C=O) groups excluding carboxylic acids is 2. The maximum absolute atomic E-state index is 12.9. The van der Waals surface area contributed by atoms with Crippen molar-refractivity contribution in [2.45, 2.75) is 0 Å². The molecule has 0 aliphatic heterocycles. The Labute approximate surface area is 133 Å². The third-order valence-corrected chi connectivity index (χ3v) is 4.52. The number of ketones is 2. The van der Waals surface area contributed by atoms with E-state index in [0.717, 1.165) is 5.69 Å². The summed E-state index contributed by atoms with van der Waals surface area (Å²) in [5, 5.41) is 0. The summed E-state index contributed by atoms with van der Waals surface area (Å²) in [6.07, 6.45) is 1.83. The monoisotopic (exact) mass is 309 g/mol. The minimum absolute atomic E-state index is 0.0829. The van der Waals surface area contributed by atoms with Crippen LogP contribution in [0, 0.1) is 0 Å². The lowest BCUT2D eigenvalue weighted by Crippen LogP contribution is -2.31. The summed E-state index contributed by atoms with van der Waals surface area (Å²) < 4.78 is 0. The van der Waals surface area contributed by atoms with Crippen LogP contribution >= 0.6 is 11.8 Å². The number of thioether (sulfide) groups is 1. The van der Waals surface area contributed by atoms with Crippen molar-refractivity contribution in [1.82, 2.24) is 0 Å². The van der Waals surface area contributed by atoms with Gasteiger partial charge < -0.3 is 4.90 Å². The molecule has 0 saturated carbocycles. The van der Waals surface area contributed by atoms with Gasteiger partial charge in [0.2, 0.25) is 11.6 Å². The quantitative estimate of drug-likeness (QED) is 0.865. The van der Waals surface area contributed by atoms with Crippen LogP contribution in [-0.4, -0.2) is 24.9 Å². The molecule has 3 rings (SSSR count). The molecule has 3 nitrogen and oxygen atoms in total. The number of nitrogens with zero attached hydrogens (tertiary/aromatic N) is 1. The van der Waals surface area contributed by atoms with Crippen molar-refractivity contribution in [2.75, 3.05) is 18.2 Å². The molecule has 0 aromatic heterocycles. The Balaban J connectivity index is 2.16. The van der Waals surface area contributed by atoms with Crippen molar-refractivity contribution in [1.29, 1.82) is 0 Å². The van der Waals surface area contributed by atoms with E-state index in [4.69, 9.17) is 0 Å². The van der Waals surface area contributed by atoms with Crippen molar-refractivity contribution in [3.63, 3.8) is 0 Å². The molecule has 2 aromatic carbocycles. The van der Waals surface area contributed by atoms with E-state index in [1.54, 1.807) is 29.2 Å². The Kier molecular flexibility index (Phi) is 3.86. The smallest absolute Gasteiger partial charge is 0.211 e. The highest BCUT2D eigenvalue weighted by Crippen LogP contribution is 2.34. The summed E-state index contributed by atoms with van der Waals surface area (Å²) in [4.78, 5) is 27.9. The molecule has 0 heterocycles. The van der Waals surface area contributed by atoms with Crippen molar-refractivity contribution in [3.8, 4) is 0 Å². The lowest BCUT2D eigenvalue weighted by atomic mass is 9.92. The normalized spacial score (nSPS) is 14.1. The molecular weight excluding hydrogens is 294 g/mol. The molecule has 1 aliphatic rings. The van der Waals surface area contributed by atoms with Crippen LogP contribution in [-0.2, 0) is 0 Å². The van der Waals surface area contributed by atoms with Crippen LogP contribution in [0.3, 0.4) is 0 Å². The summed E-state index contributed by atoms with van der Waals surface area (Å²) >= 11 is 1.32. The number of likely N-dealkylation sites (N-methyl/N-ethyl adjacent to an activating group) is 1. The number of para-hydroxylation sites is 1. The fourth-order valence-electron chi connectivity index (χ4n) is 2.61. The van der Waals surface area contributed by atoms with Crippen molar-refractivity contribution < 1.29 is 9.59 Å². The third-order valence-electron chi connectivity index (χ3n) is 3.74. The number of rotatable bonds is 3. The van der Waals surface area contributed by atoms with E-state index >= 15 is 0 Å². The molecule has 0 saturated heterocycles. The first-order chi connectivity index (χ1) is 10.6. The van der Waals surface area contributed by atoms with Gasteiger partial charge in [-0.2, -0.15) is 0 Å². The van der Waals surface area contributed by atoms with E-state index in [9.17, 15) is 9.59 Å². The molecule has 4 heteroatoms. The number of benzene rings is 2. The van der Waals surface area contributed by atoms with Gasteiger partial charge in [-0.15, -0.1) is 11.8 Å². The van der Waals surface area contributed by atoms with E-state index in [1.807, 2.05) is 43.6 Å². The SMILES string of the molecule is CSC1=C(N(C)c2ccccc2)C(=O)c2ccccc2C1=O. The fourth-order valence-corrected chi connectivity index (χ4v) is 3.33. The number of hydrogen-bond acceptors (Lipinski definition) is 4. The molecule has 0 unspecified atom stereocenters. The highest BCUT2D eigenvalue weighted by molar-refractivity contribution is 8.03. The molecule has 22 heavy (non-hydrogen) atoms. The molecular formula is C18H15NO2S. The Hall–Kier alpha value is -2.33. The topological polar surface area (TPSA) is 37.4 Å². The summed E-state index contributed by atoms with van der Waals surface area (Å²) in [6, 6.07) is 16.6. The van der Waals surface area contributed by atoms with E-state index in [2.05, 4.69) is 0 Å². The largest absolute Gasteiger partial charge is 0.340 e. The highest BCUT2D eigenvalue weighted by Gasteiger charge is 2.33. The number of fused-ring (bicyclic) bond motifs is 1. The molecule has 110 valence electrons. The van der Waals surface area contributed by atoms with Gasteiger partial charge in [0.1, 0.15) is 5.70 Å². The van der Waals surface area contributed by atoms with Crippen molar-refractivity contribution >= 4 is 29.0 Å². The number of hydrogen-bond donors (Lipinski definition) is 0. The molecule has 0 N–H and O–H groups in total. The maximum atomic E-state index is 12.9. The molecule has 2 aromatic rings. The summed E-state index contributed by atoms with van der Waals surface area (Å²) in [5.41, 5.74) is 2.29. The third kappa shape index (κ3) is 2.25. The van der Waals surface area contributed by atoms with Crippen LogP contribution in [0.1, 0.15) is 20.7 Å². The molecule has 0 spiro atoms. The Morgan fingerprint density at radius 3 is 1.95 bits per heavy atom. The van der Waals surface area contributed by atoms with Crippen molar-refractivity contribution in [2.24, 2.45) is 0 Å². The fraction of sp³-hybridized carbons (Fsp3) is 0.111. The van der Waals surface area contributed by atoms with E-state index in [-0.39, 0.29) is 11.6 Å². The van der Waals surface area contributed by atoms with Crippen LogP contribution in [0.4, 0.5) is 5.69 Å². The second-order valence-corrected chi connectivity index (χ2v) is 5.80. The standard InChI is InChI=1S/C18H15NO2S/c1-19(12-8-4-3-5-9-12)15-16(20)13-10-6-7-11-14(13)17(21)18(15)22-2/h3-11H,1-2H3. The lowest BCUT2D eigenvalue weighted by Gasteiger charge is -2.27. The zero-order chi connectivity index (χ0) is 15.7. The molecule has 1 aliphatic carbocycles. The van der Waals surface area contributed by atoms with Crippen LogP contribution < -0.4 is 4.90 Å². The van der Waals surface area contributed by atoms with Gasteiger partial charge in [0.15, 0.2) is 0 Å². The number of carbonyl (C=O) groups is 2. The van der Waals surface area contributed by atoms with E-state index in [0.29, 0.717) is 21.7 Å². The molecule has 0 radical (unpaired) electrons. The van der Waals surface area contributed by atoms with Crippen LogP contribution in [0.5, 0.6) is 0 Å². The molecule has 0 bridgehead atoms.